The summed E-state index contributed by atoms with van der Waals surface area (Å²) in [6.45, 7) is 0. The zero-order chi connectivity index (χ0) is 14.6. The first kappa shape index (κ1) is 15.5. The first-order valence-electron chi connectivity index (χ1n) is 5.71. The fraction of sp³-hybridized carbons (Fsp3) is 0.462. The largest absolute Gasteiger partial charge is 0.469 e. The van der Waals surface area contributed by atoms with Crippen LogP contribution in [-0.2, 0) is 16.0 Å². The third-order valence-corrected chi connectivity index (χ3v) is 2.91. The minimum Gasteiger partial charge on any atom is -0.469 e. The predicted molar refractivity (Wildman–Crippen MR) is 64.1 cm³/mol. The van der Waals surface area contributed by atoms with Crippen molar-refractivity contribution in [1.29, 1.82) is 0 Å². The summed E-state index contributed by atoms with van der Waals surface area (Å²) in [5.41, 5.74) is 0.0292. The molecule has 1 atom stereocenters. The van der Waals surface area contributed by atoms with Gasteiger partial charge in [-0.05, 0) is 32.1 Å². The molecule has 6 heteroatoms. The maximum atomic E-state index is 13.5. The predicted octanol–water partition coefficient (Wildman–Crippen LogP) is 2.14. The second-order valence-corrected chi connectivity index (χ2v) is 4.46. The quantitative estimate of drug-likeness (QED) is 0.609. The first-order chi connectivity index (χ1) is 8.85. The van der Waals surface area contributed by atoms with E-state index in [1.54, 1.807) is 19.0 Å². The SMILES string of the molecule is COC(=O)C[C@@H](Cc1cc(F)c(F)cc1F)N(C)C. The van der Waals surface area contributed by atoms with E-state index >= 15 is 0 Å². The van der Waals surface area contributed by atoms with Gasteiger partial charge in [-0.2, -0.15) is 0 Å². The second-order valence-electron chi connectivity index (χ2n) is 4.46. The van der Waals surface area contributed by atoms with Crippen LogP contribution in [0.25, 0.3) is 0 Å². The highest BCUT2D eigenvalue weighted by atomic mass is 19.2. The van der Waals surface area contributed by atoms with E-state index < -0.39 is 23.4 Å². The summed E-state index contributed by atoms with van der Waals surface area (Å²) in [7, 11) is 4.68. The van der Waals surface area contributed by atoms with Crippen molar-refractivity contribution < 1.29 is 22.7 Å². The molecule has 0 saturated carbocycles. The van der Waals surface area contributed by atoms with Gasteiger partial charge in [0.2, 0.25) is 0 Å². The number of rotatable bonds is 5. The molecule has 0 spiro atoms. The normalized spacial score (nSPS) is 12.6. The van der Waals surface area contributed by atoms with Crippen LogP contribution in [0.15, 0.2) is 12.1 Å². The van der Waals surface area contributed by atoms with Crippen LogP contribution >= 0.6 is 0 Å². The van der Waals surface area contributed by atoms with E-state index in [4.69, 9.17) is 0 Å². The Hall–Kier alpha value is -1.56. The Morgan fingerprint density at radius 3 is 2.32 bits per heavy atom. The smallest absolute Gasteiger partial charge is 0.307 e. The van der Waals surface area contributed by atoms with E-state index in [1.807, 2.05) is 0 Å². The van der Waals surface area contributed by atoms with Crippen molar-refractivity contribution in [1.82, 2.24) is 4.90 Å². The van der Waals surface area contributed by atoms with E-state index in [0.717, 1.165) is 6.07 Å². The summed E-state index contributed by atoms with van der Waals surface area (Å²) in [5.74, 6) is -3.60. The van der Waals surface area contributed by atoms with Crippen molar-refractivity contribution in [3.63, 3.8) is 0 Å². The van der Waals surface area contributed by atoms with Crippen LogP contribution in [0.4, 0.5) is 13.2 Å². The minimum absolute atomic E-state index is 0.0292. The summed E-state index contributed by atoms with van der Waals surface area (Å²) < 4.78 is 44.0. The lowest BCUT2D eigenvalue weighted by Gasteiger charge is -2.23. The van der Waals surface area contributed by atoms with E-state index in [2.05, 4.69) is 4.74 Å². The first-order valence-corrected chi connectivity index (χ1v) is 5.71. The molecule has 0 saturated heterocycles. The van der Waals surface area contributed by atoms with Crippen LogP contribution in [0, 0.1) is 17.5 Å². The molecule has 0 aliphatic heterocycles. The number of halogens is 3. The molecule has 0 bridgehead atoms. The van der Waals surface area contributed by atoms with Crippen molar-refractivity contribution >= 4 is 5.97 Å². The number of carbonyl (C=O) groups is 1. The van der Waals surface area contributed by atoms with Crippen LogP contribution in [0.5, 0.6) is 0 Å². The Morgan fingerprint density at radius 2 is 1.79 bits per heavy atom. The highest BCUT2D eigenvalue weighted by Crippen LogP contribution is 2.18. The van der Waals surface area contributed by atoms with Crippen LogP contribution in [0.3, 0.4) is 0 Å². The summed E-state index contributed by atoms with van der Waals surface area (Å²) in [5, 5.41) is 0. The van der Waals surface area contributed by atoms with Crippen molar-refractivity contribution in [3.8, 4) is 0 Å². The average Bonchev–Trinajstić information content (AvgIpc) is 2.34. The summed E-state index contributed by atoms with van der Waals surface area (Å²) in [4.78, 5) is 13.0. The molecular formula is C13H16F3NO2. The highest BCUT2D eigenvalue weighted by molar-refractivity contribution is 5.69. The minimum atomic E-state index is -1.23. The Morgan fingerprint density at radius 1 is 1.21 bits per heavy atom. The molecule has 0 aromatic heterocycles. The molecule has 3 nitrogen and oxygen atoms in total. The van der Waals surface area contributed by atoms with Gasteiger partial charge >= 0.3 is 5.97 Å². The Bertz CT molecular complexity index is 463. The number of likely N-dealkylation sites (N-methyl/N-ethyl adjacent to an activating group) is 1. The molecule has 19 heavy (non-hydrogen) atoms. The number of nitrogens with zero attached hydrogens (tertiary/aromatic N) is 1. The van der Waals surface area contributed by atoms with E-state index in [0.29, 0.717) is 6.07 Å². The molecule has 0 amide bonds. The molecule has 1 aromatic carbocycles. The number of carbonyl (C=O) groups excluding carboxylic acids is 1. The molecule has 0 fully saturated rings. The molecule has 0 aliphatic carbocycles. The van der Waals surface area contributed by atoms with Gasteiger partial charge in [-0.15, -0.1) is 0 Å². The van der Waals surface area contributed by atoms with E-state index in [-0.39, 0.29) is 24.4 Å². The van der Waals surface area contributed by atoms with Gasteiger partial charge in [0.05, 0.1) is 13.5 Å². The van der Waals surface area contributed by atoms with Crippen LogP contribution in [0.1, 0.15) is 12.0 Å². The molecule has 0 aliphatic rings. The lowest BCUT2D eigenvalue weighted by molar-refractivity contribution is -0.141. The van der Waals surface area contributed by atoms with Crippen molar-refractivity contribution in [2.24, 2.45) is 0 Å². The second kappa shape index (κ2) is 6.56. The summed E-state index contributed by atoms with van der Waals surface area (Å²) in [6.07, 6.45) is 0.132. The Balaban J connectivity index is 2.90. The van der Waals surface area contributed by atoms with Gasteiger partial charge < -0.3 is 9.64 Å². The molecular weight excluding hydrogens is 259 g/mol. The summed E-state index contributed by atoms with van der Waals surface area (Å²) in [6, 6.07) is 0.973. The van der Waals surface area contributed by atoms with Gasteiger partial charge in [0.15, 0.2) is 11.6 Å². The van der Waals surface area contributed by atoms with Crippen LogP contribution in [-0.4, -0.2) is 38.1 Å². The molecule has 0 N–H and O–H groups in total. The zero-order valence-electron chi connectivity index (χ0n) is 11.0. The number of methoxy groups -OCH3 is 1. The van der Waals surface area contributed by atoms with E-state index in [1.165, 1.54) is 7.11 Å². The third kappa shape index (κ3) is 4.24. The monoisotopic (exact) mass is 275 g/mol. The fourth-order valence-electron chi connectivity index (χ4n) is 1.69. The molecule has 1 rings (SSSR count). The number of benzene rings is 1. The number of hydrogen-bond donors (Lipinski definition) is 0. The van der Waals surface area contributed by atoms with Gasteiger partial charge in [0.25, 0.3) is 0 Å². The van der Waals surface area contributed by atoms with Crippen molar-refractivity contribution in [3.05, 3.63) is 35.1 Å². The molecule has 0 unspecified atom stereocenters. The zero-order valence-corrected chi connectivity index (χ0v) is 11.0. The highest BCUT2D eigenvalue weighted by Gasteiger charge is 2.20. The Kier molecular flexibility index (Phi) is 5.35. The van der Waals surface area contributed by atoms with Gasteiger partial charge in [-0.25, -0.2) is 13.2 Å². The van der Waals surface area contributed by atoms with Gasteiger partial charge in [0.1, 0.15) is 5.82 Å². The molecule has 0 heterocycles. The topological polar surface area (TPSA) is 29.5 Å². The maximum Gasteiger partial charge on any atom is 0.307 e. The number of ether oxygens (including phenoxy) is 1. The van der Waals surface area contributed by atoms with Crippen LogP contribution in [0.2, 0.25) is 0 Å². The standard InChI is InChI=1S/C13H16F3NO2/c1-17(2)9(6-13(18)19-3)4-8-5-11(15)12(16)7-10(8)14/h5,7,9H,4,6H2,1-3H3/t9-/m1/s1. The summed E-state index contributed by atoms with van der Waals surface area (Å²) >= 11 is 0. The lowest BCUT2D eigenvalue weighted by Crippen LogP contribution is -2.33. The average molecular weight is 275 g/mol. The van der Waals surface area contributed by atoms with E-state index in [9.17, 15) is 18.0 Å². The molecule has 106 valence electrons. The molecule has 1 aromatic rings. The fourth-order valence-corrected chi connectivity index (χ4v) is 1.69. The number of hydrogen-bond acceptors (Lipinski definition) is 3. The maximum absolute atomic E-state index is 13.5. The van der Waals surface area contributed by atoms with Gasteiger partial charge in [-0.1, -0.05) is 0 Å². The van der Waals surface area contributed by atoms with Crippen LogP contribution < -0.4 is 0 Å². The van der Waals surface area contributed by atoms with Gasteiger partial charge in [-0.3, -0.25) is 4.79 Å². The Labute approximate surface area is 110 Å². The third-order valence-electron chi connectivity index (χ3n) is 2.91. The van der Waals surface area contributed by atoms with Gasteiger partial charge in [0, 0.05) is 12.1 Å². The molecule has 0 radical (unpaired) electrons. The van der Waals surface area contributed by atoms with Crippen molar-refractivity contribution in [2.75, 3.05) is 21.2 Å². The lowest BCUT2D eigenvalue weighted by atomic mass is 10.0. The number of esters is 1. The van der Waals surface area contributed by atoms with Crippen molar-refractivity contribution in [2.45, 2.75) is 18.9 Å².